The molecule has 14 heavy (non-hydrogen) atoms. The molecule has 1 heteroatoms. The van der Waals surface area contributed by atoms with Crippen LogP contribution in [0, 0.1) is 11.3 Å². The first-order valence-corrected chi connectivity index (χ1v) is 5.90. The second-order valence-electron chi connectivity index (χ2n) is 5.01. The first kappa shape index (κ1) is 9.95. The zero-order valence-corrected chi connectivity index (χ0v) is 9.31. The largest absolute Gasteiger partial charge is 0.299 e. The maximum Gasteiger partial charge on any atom is 0.143 e. The molecule has 0 aromatic rings. The standard InChI is InChI=1S/C13H20O/c1-3-4-6-13-7-5-11(8-12(13)14)10(2)9-13/h9,11H,3-8H2,1-2H3/t11-,13-/m0/s1. The Bertz CT molecular complexity index is 277. The molecule has 0 aromatic carbocycles. The Morgan fingerprint density at radius 1 is 1.57 bits per heavy atom. The van der Waals surface area contributed by atoms with Crippen LogP contribution in [0.1, 0.15) is 52.4 Å². The molecule has 0 aliphatic heterocycles. The van der Waals surface area contributed by atoms with Crippen LogP contribution in [0.15, 0.2) is 11.6 Å². The molecule has 0 unspecified atom stereocenters. The highest BCUT2D eigenvalue weighted by Crippen LogP contribution is 2.49. The summed E-state index contributed by atoms with van der Waals surface area (Å²) in [5.41, 5.74) is 1.45. The van der Waals surface area contributed by atoms with Gasteiger partial charge in [-0.05, 0) is 32.1 Å². The van der Waals surface area contributed by atoms with Crippen LogP contribution in [0.5, 0.6) is 0 Å². The van der Waals surface area contributed by atoms with Crippen molar-refractivity contribution < 1.29 is 4.79 Å². The number of carbonyl (C=O) groups is 1. The van der Waals surface area contributed by atoms with Crippen LogP contribution in [0.2, 0.25) is 0 Å². The highest BCUT2D eigenvalue weighted by Gasteiger charge is 2.44. The molecule has 0 amide bonds. The maximum absolute atomic E-state index is 12.0. The van der Waals surface area contributed by atoms with Crippen molar-refractivity contribution in [3.8, 4) is 0 Å². The van der Waals surface area contributed by atoms with Gasteiger partial charge < -0.3 is 0 Å². The van der Waals surface area contributed by atoms with Crippen molar-refractivity contribution >= 4 is 5.78 Å². The molecule has 0 heterocycles. The van der Waals surface area contributed by atoms with E-state index < -0.39 is 0 Å². The van der Waals surface area contributed by atoms with Crippen molar-refractivity contribution in [2.24, 2.45) is 11.3 Å². The minimum Gasteiger partial charge on any atom is -0.299 e. The fourth-order valence-corrected chi connectivity index (χ4v) is 3.02. The average molecular weight is 192 g/mol. The third-order valence-electron chi connectivity index (χ3n) is 4.05. The zero-order chi connectivity index (χ0) is 10.2. The van der Waals surface area contributed by atoms with E-state index in [0.29, 0.717) is 11.7 Å². The van der Waals surface area contributed by atoms with E-state index in [0.717, 1.165) is 19.3 Å². The van der Waals surface area contributed by atoms with Gasteiger partial charge in [0.1, 0.15) is 5.78 Å². The van der Waals surface area contributed by atoms with E-state index in [9.17, 15) is 4.79 Å². The Balaban J connectivity index is 2.22. The van der Waals surface area contributed by atoms with Gasteiger partial charge in [0.2, 0.25) is 0 Å². The molecular weight excluding hydrogens is 172 g/mol. The maximum atomic E-state index is 12.0. The second-order valence-corrected chi connectivity index (χ2v) is 5.01. The number of ketones is 1. The molecule has 0 aromatic heterocycles. The summed E-state index contributed by atoms with van der Waals surface area (Å²) in [5.74, 6) is 1.11. The zero-order valence-electron chi connectivity index (χ0n) is 9.31. The molecule has 1 nitrogen and oxygen atoms in total. The first-order valence-electron chi connectivity index (χ1n) is 5.90. The summed E-state index contributed by atoms with van der Waals surface area (Å²) in [6.45, 7) is 4.41. The molecule has 2 bridgehead atoms. The molecular formula is C13H20O. The van der Waals surface area contributed by atoms with Crippen LogP contribution in [-0.2, 0) is 4.79 Å². The van der Waals surface area contributed by atoms with Gasteiger partial charge in [-0.1, -0.05) is 31.4 Å². The Kier molecular flexibility index (Phi) is 2.50. The van der Waals surface area contributed by atoms with Crippen LogP contribution >= 0.6 is 0 Å². The van der Waals surface area contributed by atoms with E-state index in [-0.39, 0.29) is 5.41 Å². The Hall–Kier alpha value is -0.590. The highest BCUT2D eigenvalue weighted by molar-refractivity contribution is 5.89. The lowest BCUT2D eigenvalue weighted by atomic mass is 9.60. The topological polar surface area (TPSA) is 17.1 Å². The van der Waals surface area contributed by atoms with Crippen molar-refractivity contribution in [3.05, 3.63) is 11.6 Å². The van der Waals surface area contributed by atoms with Gasteiger partial charge in [-0.3, -0.25) is 4.79 Å². The third kappa shape index (κ3) is 1.43. The van der Waals surface area contributed by atoms with Crippen molar-refractivity contribution in [1.29, 1.82) is 0 Å². The van der Waals surface area contributed by atoms with Crippen LogP contribution in [0.3, 0.4) is 0 Å². The highest BCUT2D eigenvalue weighted by atomic mass is 16.1. The summed E-state index contributed by atoms with van der Waals surface area (Å²) < 4.78 is 0. The molecule has 0 radical (unpaired) electrons. The Labute approximate surface area is 86.6 Å². The number of hydrogen-bond donors (Lipinski definition) is 0. The lowest BCUT2D eigenvalue weighted by molar-refractivity contribution is -0.131. The number of carbonyl (C=O) groups excluding carboxylic acids is 1. The predicted molar refractivity (Wildman–Crippen MR) is 58.1 cm³/mol. The number of rotatable bonds is 3. The minimum atomic E-state index is -0.0329. The SMILES string of the molecule is CCCC[C@@]12C=C(C)[C@@H](CC1)CC2=O. The van der Waals surface area contributed by atoms with Gasteiger partial charge >= 0.3 is 0 Å². The van der Waals surface area contributed by atoms with Crippen molar-refractivity contribution in [3.63, 3.8) is 0 Å². The lowest BCUT2D eigenvalue weighted by Crippen LogP contribution is -2.40. The van der Waals surface area contributed by atoms with E-state index in [1.54, 1.807) is 0 Å². The number of Topliss-reactive ketones (excluding diaryl/α,β-unsaturated/α-hetero) is 1. The minimum absolute atomic E-state index is 0.0329. The van der Waals surface area contributed by atoms with Crippen molar-refractivity contribution in [2.45, 2.75) is 52.4 Å². The van der Waals surface area contributed by atoms with Crippen LogP contribution in [-0.4, -0.2) is 5.78 Å². The van der Waals surface area contributed by atoms with Gasteiger partial charge in [0.25, 0.3) is 0 Å². The van der Waals surface area contributed by atoms with Crippen molar-refractivity contribution in [2.75, 3.05) is 0 Å². The molecule has 0 spiro atoms. The molecule has 3 rings (SSSR count). The summed E-state index contributed by atoms with van der Waals surface area (Å²) in [5, 5.41) is 0. The van der Waals surface area contributed by atoms with Gasteiger partial charge in [-0.2, -0.15) is 0 Å². The summed E-state index contributed by atoms with van der Waals surface area (Å²) in [7, 11) is 0. The van der Waals surface area contributed by atoms with E-state index in [4.69, 9.17) is 0 Å². The monoisotopic (exact) mass is 192 g/mol. The predicted octanol–water partition coefficient (Wildman–Crippen LogP) is 3.49. The molecule has 3 aliphatic carbocycles. The normalized spacial score (nSPS) is 36.0. The molecule has 1 saturated carbocycles. The van der Waals surface area contributed by atoms with E-state index >= 15 is 0 Å². The lowest BCUT2D eigenvalue weighted by Gasteiger charge is -2.43. The van der Waals surface area contributed by atoms with E-state index in [1.807, 2.05) is 0 Å². The molecule has 78 valence electrons. The first-order chi connectivity index (χ1) is 6.68. The van der Waals surface area contributed by atoms with Gasteiger partial charge in [-0.15, -0.1) is 0 Å². The average Bonchev–Trinajstić information content (AvgIpc) is 2.18. The summed E-state index contributed by atoms with van der Waals surface area (Å²) in [6.07, 6.45) is 8.97. The Morgan fingerprint density at radius 2 is 2.36 bits per heavy atom. The molecule has 1 fully saturated rings. The Morgan fingerprint density at radius 3 is 2.93 bits per heavy atom. The van der Waals surface area contributed by atoms with Crippen LogP contribution in [0.25, 0.3) is 0 Å². The number of allylic oxidation sites excluding steroid dienone is 2. The number of hydrogen-bond acceptors (Lipinski definition) is 1. The van der Waals surface area contributed by atoms with E-state index in [2.05, 4.69) is 19.9 Å². The van der Waals surface area contributed by atoms with Gasteiger partial charge in [0.15, 0.2) is 0 Å². The molecule has 0 N–H and O–H groups in total. The smallest absolute Gasteiger partial charge is 0.143 e. The third-order valence-corrected chi connectivity index (χ3v) is 4.05. The van der Waals surface area contributed by atoms with Crippen LogP contribution in [0.4, 0.5) is 0 Å². The number of fused-ring (bicyclic) bond motifs is 2. The second kappa shape index (κ2) is 3.52. The van der Waals surface area contributed by atoms with Gasteiger partial charge in [0, 0.05) is 11.8 Å². The fourth-order valence-electron chi connectivity index (χ4n) is 3.02. The van der Waals surface area contributed by atoms with Gasteiger partial charge in [0.05, 0.1) is 0 Å². The summed E-state index contributed by atoms with van der Waals surface area (Å²) in [4.78, 5) is 12.0. The summed E-state index contributed by atoms with van der Waals surface area (Å²) >= 11 is 0. The molecule has 2 atom stereocenters. The van der Waals surface area contributed by atoms with Gasteiger partial charge in [-0.25, -0.2) is 0 Å². The molecule has 0 saturated heterocycles. The summed E-state index contributed by atoms with van der Waals surface area (Å²) in [6, 6.07) is 0. The van der Waals surface area contributed by atoms with Crippen molar-refractivity contribution in [1.82, 2.24) is 0 Å². The quantitative estimate of drug-likeness (QED) is 0.625. The molecule has 3 aliphatic rings. The number of unbranched alkanes of at least 4 members (excludes halogenated alkanes) is 1. The van der Waals surface area contributed by atoms with E-state index in [1.165, 1.54) is 24.8 Å². The van der Waals surface area contributed by atoms with Crippen LogP contribution < -0.4 is 0 Å². The fraction of sp³-hybridized carbons (Fsp3) is 0.769.